The van der Waals surface area contributed by atoms with Crippen LogP contribution in [0.25, 0.3) is 0 Å². The molecule has 196 valence electrons. The highest BCUT2D eigenvalue weighted by Crippen LogP contribution is 2.58. The van der Waals surface area contributed by atoms with E-state index in [2.05, 4.69) is 30.7 Å². The van der Waals surface area contributed by atoms with E-state index in [1.165, 1.54) is 31.4 Å². The van der Waals surface area contributed by atoms with E-state index in [1.54, 1.807) is 6.07 Å². The fourth-order valence-corrected chi connectivity index (χ4v) is 8.59. The molecule has 2 saturated heterocycles. The summed E-state index contributed by atoms with van der Waals surface area (Å²) in [5, 5.41) is 0. The number of nitrogens with zero attached hydrogens (tertiary/aromatic N) is 4. The summed E-state index contributed by atoms with van der Waals surface area (Å²) >= 11 is 6.08. The molecule has 8 heteroatoms. The normalized spacial score (nSPS) is 37.9. The van der Waals surface area contributed by atoms with E-state index in [4.69, 9.17) is 17.2 Å². The Morgan fingerprint density at radius 2 is 1.53 bits per heavy atom. The fraction of sp³-hybridized carbons (Fsp3) is 0.714. The topological polar surface area (TPSA) is 22.1 Å². The van der Waals surface area contributed by atoms with Crippen LogP contribution in [-0.4, -0.2) is 65.4 Å². The third-order valence-electron chi connectivity index (χ3n) is 9.60. The molecular weight excluding hydrogens is 481 g/mol. The zero-order valence-electron chi connectivity index (χ0n) is 21.5. The average molecular weight is 519 g/mol. The number of piperazine rings is 1. The third kappa shape index (κ3) is 4.11. The maximum Gasteiger partial charge on any atom is 0.416 e. The highest BCUT2D eigenvalue weighted by Gasteiger charge is 2.56. The lowest BCUT2D eigenvalue weighted by Gasteiger charge is -2.55. The van der Waals surface area contributed by atoms with Gasteiger partial charge >= 0.3 is 6.18 Å². The van der Waals surface area contributed by atoms with E-state index in [1.807, 2.05) is 4.90 Å². The first-order valence-corrected chi connectivity index (χ1v) is 13.9. The van der Waals surface area contributed by atoms with E-state index in [0.717, 1.165) is 75.1 Å². The van der Waals surface area contributed by atoms with Crippen LogP contribution < -0.4 is 4.90 Å². The molecule has 0 amide bonds. The van der Waals surface area contributed by atoms with Gasteiger partial charge in [-0.1, -0.05) is 32.1 Å². The number of thiocarbonyl (C=S) groups is 1. The Kier molecular flexibility index (Phi) is 5.86. The van der Waals surface area contributed by atoms with Crippen molar-refractivity contribution in [2.24, 2.45) is 28.2 Å². The first-order valence-electron chi connectivity index (χ1n) is 13.5. The smallest absolute Gasteiger partial charge is 0.304 e. The third-order valence-corrected chi connectivity index (χ3v) is 10.3. The van der Waals surface area contributed by atoms with E-state index in [0.29, 0.717) is 10.7 Å². The average Bonchev–Trinajstić information content (AvgIpc) is 2.97. The zero-order chi connectivity index (χ0) is 25.5. The van der Waals surface area contributed by atoms with Crippen molar-refractivity contribution in [1.29, 1.82) is 0 Å². The maximum atomic E-state index is 13.7. The fourth-order valence-electron chi connectivity index (χ4n) is 8.28. The van der Waals surface area contributed by atoms with Gasteiger partial charge in [0.15, 0.2) is 0 Å². The second-order valence-electron chi connectivity index (χ2n) is 12.8. The molecule has 2 aliphatic heterocycles. The Hall–Kier alpha value is -1.51. The van der Waals surface area contributed by atoms with Gasteiger partial charge in [-0.05, 0) is 81.5 Å². The highest BCUT2D eigenvalue weighted by molar-refractivity contribution is 7.80. The van der Waals surface area contributed by atoms with Gasteiger partial charge in [-0.2, -0.15) is 13.2 Å². The molecule has 2 heterocycles. The number of alkyl halides is 3. The number of rotatable bonds is 3. The predicted molar refractivity (Wildman–Crippen MR) is 141 cm³/mol. The second-order valence-corrected chi connectivity index (χ2v) is 13.2. The predicted octanol–water partition coefficient (Wildman–Crippen LogP) is 5.86. The Labute approximate surface area is 217 Å². The monoisotopic (exact) mass is 518 g/mol. The van der Waals surface area contributed by atoms with Gasteiger partial charge < -0.3 is 4.90 Å². The summed E-state index contributed by atoms with van der Waals surface area (Å²) in [5.74, 6) is 3.11. The Morgan fingerprint density at radius 1 is 0.944 bits per heavy atom. The Balaban J connectivity index is 1.47. The number of likely N-dealkylation sites (N-methyl/N-ethyl adjacent to an activating group) is 1. The van der Waals surface area contributed by atoms with E-state index in [9.17, 15) is 13.2 Å². The molecule has 1 aromatic carbocycles. The standard InChI is InChI=1S/C28H37F3N4S/c1-26(2)23(34-9-7-33(3)8-10-34)24(32-27-15-18-11-19(16-27)13-20(12-18)17-27)35(25(26)36)22-6-4-5-21(14-22)28(29,30)31/h4-6,14,18-20,23H,7-13,15-17H2,1-3H3. The zero-order valence-corrected chi connectivity index (χ0v) is 22.3. The van der Waals surface area contributed by atoms with Gasteiger partial charge in [0.1, 0.15) is 5.84 Å². The van der Waals surface area contributed by atoms with Crippen LogP contribution in [0.4, 0.5) is 18.9 Å². The number of benzene rings is 1. The van der Waals surface area contributed by atoms with Gasteiger partial charge in [-0.15, -0.1) is 0 Å². The van der Waals surface area contributed by atoms with Crippen LogP contribution >= 0.6 is 12.2 Å². The molecule has 0 aromatic heterocycles. The minimum absolute atomic E-state index is 0.0405. The maximum absolute atomic E-state index is 13.7. The van der Waals surface area contributed by atoms with Crippen molar-refractivity contribution in [2.75, 3.05) is 38.1 Å². The van der Waals surface area contributed by atoms with Crippen molar-refractivity contribution in [2.45, 2.75) is 70.1 Å². The summed E-state index contributed by atoms with van der Waals surface area (Å²) in [5.41, 5.74) is -0.661. The number of aliphatic imine (C=N–C) groups is 1. The summed E-state index contributed by atoms with van der Waals surface area (Å²) in [7, 11) is 2.14. The van der Waals surface area contributed by atoms with Crippen LogP contribution in [0.1, 0.15) is 57.9 Å². The second kappa shape index (κ2) is 8.50. The molecular formula is C28H37F3N4S. The molecule has 0 radical (unpaired) electrons. The molecule has 7 rings (SSSR count). The van der Waals surface area contributed by atoms with E-state index < -0.39 is 17.2 Å². The molecule has 4 saturated carbocycles. The van der Waals surface area contributed by atoms with Crippen molar-refractivity contribution in [1.82, 2.24) is 9.80 Å². The Morgan fingerprint density at radius 3 is 2.08 bits per heavy atom. The first kappa shape index (κ1) is 24.8. The Bertz CT molecular complexity index is 1040. The van der Waals surface area contributed by atoms with Crippen molar-refractivity contribution in [3.8, 4) is 0 Å². The molecule has 6 aliphatic rings. The number of hydrogen-bond donors (Lipinski definition) is 0. The lowest BCUT2D eigenvalue weighted by molar-refractivity contribution is -0.137. The summed E-state index contributed by atoms with van der Waals surface area (Å²) < 4.78 is 41.1. The molecule has 0 N–H and O–H groups in total. The van der Waals surface area contributed by atoms with Crippen molar-refractivity contribution in [3.05, 3.63) is 29.8 Å². The highest BCUT2D eigenvalue weighted by atomic mass is 32.1. The lowest BCUT2D eigenvalue weighted by Crippen LogP contribution is -2.56. The molecule has 1 atom stereocenters. The van der Waals surface area contributed by atoms with Gasteiger partial charge in [-0.3, -0.25) is 14.8 Å². The summed E-state index contributed by atoms with van der Waals surface area (Å²) in [6.07, 6.45) is 2.92. The van der Waals surface area contributed by atoms with Crippen LogP contribution in [0.5, 0.6) is 0 Å². The van der Waals surface area contributed by atoms with Crippen molar-refractivity contribution < 1.29 is 13.2 Å². The minimum atomic E-state index is -4.40. The van der Waals surface area contributed by atoms with Crippen LogP contribution in [0.3, 0.4) is 0 Å². The molecule has 36 heavy (non-hydrogen) atoms. The van der Waals surface area contributed by atoms with Crippen molar-refractivity contribution >= 4 is 28.7 Å². The van der Waals surface area contributed by atoms with Crippen LogP contribution in [-0.2, 0) is 6.18 Å². The summed E-state index contributed by atoms with van der Waals surface area (Å²) in [6.45, 7) is 8.05. The van der Waals surface area contributed by atoms with E-state index >= 15 is 0 Å². The largest absolute Gasteiger partial charge is 0.416 e. The van der Waals surface area contributed by atoms with Gasteiger partial charge in [0, 0.05) is 37.3 Å². The lowest BCUT2D eigenvalue weighted by atomic mass is 9.53. The van der Waals surface area contributed by atoms with Crippen LogP contribution in [0, 0.1) is 23.2 Å². The quantitative estimate of drug-likeness (QED) is 0.467. The summed E-state index contributed by atoms with van der Waals surface area (Å²) in [6, 6.07) is 5.62. The van der Waals surface area contributed by atoms with Gasteiger partial charge in [0.25, 0.3) is 0 Å². The van der Waals surface area contributed by atoms with Crippen molar-refractivity contribution in [3.63, 3.8) is 0 Å². The molecule has 1 unspecified atom stereocenters. The van der Waals surface area contributed by atoms with Crippen LogP contribution in [0.2, 0.25) is 0 Å². The summed E-state index contributed by atoms with van der Waals surface area (Å²) in [4.78, 5) is 13.1. The SMILES string of the molecule is CN1CCN(C2C(=NC34CC5CC(CC(C5)C3)C4)N(c3cccc(C(F)(F)F)c3)C(=S)C2(C)C)CC1. The number of anilines is 1. The molecule has 4 aliphatic carbocycles. The molecule has 4 nitrogen and oxygen atoms in total. The van der Waals surface area contributed by atoms with Gasteiger partial charge in [0.05, 0.1) is 22.1 Å². The minimum Gasteiger partial charge on any atom is -0.304 e. The molecule has 1 aromatic rings. The number of amidine groups is 1. The number of hydrogen-bond acceptors (Lipinski definition) is 4. The van der Waals surface area contributed by atoms with E-state index in [-0.39, 0.29) is 11.6 Å². The van der Waals surface area contributed by atoms with Gasteiger partial charge in [0.2, 0.25) is 0 Å². The number of halogens is 3. The molecule has 0 spiro atoms. The molecule has 6 fully saturated rings. The van der Waals surface area contributed by atoms with Crippen LogP contribution in [0.15, 0.2) is 29.3 Å². The molecule has 4 bridgehead atoms. The van der Waals surface area contributed by atoms with Gasteiger partial charge in [-0.25, -0.2) is 0 Å². The first-order chi connectivity index (χ1) is 17.0.